The summed E-state index contributed by atoms with van der Waals surface area (Å²) in [6, 6.07) is 9.54. The Bertz CT molecular complexity index is 485. The lowest BCUT2D eigenvalue weighted by Crippen LogP contribution is -2.11. The molecule has 0 heterocycles. The Balaban J connectivity index is 1.86. The van der Waals surface area contributed by atoms with Gasteiger partial charge in [0, 0.05) is 37.7 Å². The van der Waals surface area contributed by atoms with Crippen LogP contribution in [0.5, 0.6) is 0 Å². The molecule has 0 aliphatic heterocycles. The van der Waals surface area contributed by atoms with Crippen molar-refractivity contribution in [2.75, 3.05) is 18.5 Å². The van der Waals surface area contributed by atoms with Crippen molar-refractivity contribution in [3.8, 4) is 0 Å². The van der Waals surface area contributed by atoms with Gasteiger partial charge in [0.15, 0.2) is 0 Å². The molecule has 1 rings (SSSR count). The molecule has 0 bridgehead atoms. The van der Waals surface area contributed by atoms with Crippen LogP contribution in [-0.4, -0.2) is 24.9 Å². The molecule has 1 amide bonds. The fourth-order valence-electron chi connectivity index (χ4n) is 2.48. The van der Waals surface area contributed by atoms with Crippen molar-refractivity contribution < 1.29 is 14.3 Å². The molecule has 0 unspecified atom stereocenters. The van der Waals surface area contributed by atoms with Crippen molar-refractivity contribution in [3.05, 3.63) is 30.3 Å². The summed E-state index contributed by atoms with van der Waals surface area (Å²) >= 11 is 0. The van der Waals surface area contributed by atoms with Crippen molar-refractivity contribution in [1.82, 2.24) is 0 Å². The van der Waals surface area contributed by atoms with Crippen LogP contribution >= 0.6 is 0 Å². The number of unbranched alkanes of at least 4 members (excludes halogenated alkanes) is 4. The molecular formula is C21H33NO3. The van der Waals surface area contributed by atoms with Gasteiger partial charge in [-0.15, -0.1) is 0 Å². The normalized spacial score (nSPS) is 10.8. The standard InChI is InChI=1S/C21H33NO3/c1-18(2)20(23)14-8-4-10-16-25-17-11-5-9-15-21(24)22-19-12-6-3-7-13-19/h3,6-7,12-13,18H,4-5,8-11,14-17H2,1-2H3,(H,22,24). The summed E-state index contributed by atoms with van der Waals surface area (Å²) in [6.45, 7) is 5.43. The molecule has 140 valence electrons. The van der Waals surface area contributed by atoms with Gasteiger partial charge in [0.25, 0.3) is 0 Å². The number of hydrogen-bond donors (Lipinski definition) is 1. The topological polar surface area (TPSA) is 55.4 Å². The maximum atomic E-state index is 11.8. The highest BCUT2D eigenvalue weighted by Crippen LogP contribution is 2.08. The molecule has 0 radical (unpaired) electrons. The van der Waals surface area contributed by atoms with Crippen LogP contribution in [0.4, 0.5) is 5.69 Å². The van der Waals surface area contributed by atoms with Crippen molar-refractivity contribution in [2.24, 2.45) is 5.92 Å². The quantitative estimate of drug-likeness (QED) is 0.482. The molecule has 1 N–H and O–H groups in total. The van der Waals surface area contributed by atoms with E-state index < -0.39 is 0 Å². The molecule has 25 heavy (non-hydrogen) atoms. The second kappa shape index (κ2) is 13.6. The van der Waals surface area contributed by atoms with Gasteiger partial charge in [0.05, 0.1) is 0 Å². The van der Waals surface area contributed by atoms with Crippen molar-refractivity contribution in [1.29, 1.82) is 0 Å². The second-order valence-electron chi connectivity index (χ2n) is 6.77. The zero-order valence-corrected chi connectivity index (χ0v) is 15.8. The Kier molecular flexibility index (Phi) is 11.6. The van der Waals surface area contributed by atoms with Gasteiger partial charge < -0.3 is 10.1 Å². The van der Waals surface area contributed by atoms with Gasteiger partial charge in [-0.1, -0.05) is 44.9 Å². The minimum Gasteiger partial charge on any atom is -0.381 e. The van der Waals surface area contributed by atoms with Gasteiger partial charge >= 0.3 is 0 Å². The smallest absolute Gasteiger partial charge is 0.224 e. The number of carbonyl (C=O) groups is 2. The lowest BCUT2D eigenvalue weighted by molar-refractivity contribution is -0.122. The summed E-state index contributed by atoms with van der Waals surface area (Å²) < 4.78 is 5.61. The van der Waals surface area contributed by atoms with Gasteiger partial charge in [-0.25, -0.2) is 0 Å². The number of para-hydroxylation sites is 1. The van der Waals surface area contributed by atoms with E-state index in [4.69, 9.17) is 4.74 Å². The number of hydrogen-bond acceptors (Lipinski definition) is 3. The molecule has 0 atom stereocenters. The Hall–Kier alpha value is -1.68. The van der Waals surface area contributed by atoms with E-state index in [1.54, 1.807) is 0 Å². The third-order valence-electron chi connectivity index (χ3n) is 4.11. The number of rotatable bonds is 14. The van der Waals surface area contributed by atoms with Crippen molar-refractivity contribution >= 4 is 17.4 Å². The van der Waals surface area contributed by atoms with Crippen LogP contribution in [0, 0.1) is 5.92 Å². The van der Waals surface area contributed by atoms with E-state index in [0.29, 0.717) is 18.6 Å². The molecule has 0 aliphatic carbocycles. The third-order valence-corrected chi connectivity index (χ3v) is 4.11. The summed E-state index contributed by atoms with van der Waals surface area (Å²) in [4.78, 5) is 23.2. The van der Waals surface area contributed by atoms with Crippen LogP contribution in [0.1, 0.15) is 65.2 Å². The summed E-state index contributed by atoms with van der Waals surface area (Å²) in [6.07, 6.45) is 7.18. The molecule has 0 aromatic heterocycles. The van der Waals surface area contributed by atoms with Crippen LogP contribution in [0.25, 0.3) is 0 Å². The molecule has 0 saturated carbocycles. The van der Waals surface area contributed by atoms with Gasteiger partial charge in [0.1, 0.15) is 5.78 Å². The summed E-state index contributed by atoms with van der Waals surface area (Å²) in [5.41, 5.74) is 0.853. The molecule has 0 saturated heterocycles. The van der Waals surface area contributed by atoms with E-state index in [9.17, 15) is 9.59 Å². The SMILES string of the molecule is CC(C)C(=O)CCCCCOCCCCCC(=O)Nc1ccccc1. The highest BCUT2D eigenvalue weighted by atomic mass is 16.5. The van der Waals surface area contributed by atoms with Gasteiger partial charge in [0.2, 0.25) is 5.91 Å². The van der Waals surface area contributed by atoms with E-state index in [2.05, 4.69) is 5.32 Å². The number of anilines is 1. The molecular weight excluding hydrogens is 314 g/mol. The van der Waals surface area contributed by atoms with E-state index in [0.717, 1.165) is 57.4 Å². The number of ketones is 1. The minimum atomic E-state index is 0.0723. The average molecular weight is 347 g/mol. The molecule has 4 heteroatoms. The summed E-state index contributed by atoms with van der Waals surface area (Å²) in [5.74, 6) is 0.589. The van der Waals surface area contributed by atoms with E-state index in [1.807, 2.05) is 44.2 Å². The zero-order valence-electron chi connectivity index (χ0n) is 15.8. The number of carbonyl (C=O) groups excluding carboxylic acids is 2. The number of ether oxygens (including phenoxy) is 1. The van der Waals surface area contributed by atoms with Crippen LogP contribution in [0.2, 0.25) is 0 Å². The third kappa shape index (κ3) is 11.5. The largest absolute Gasteiger partial charge is 0.381 e. The highest BCUT2D eigenvalue weighted by molar-refractivity contribution is 5.90. The van der Waals surface area contributed by atoms with Crippen LogP contribution in [-0.2, 0) is 14.3 Å². The molecule has 1 aromatic carbocycles. The summed E-state index contributed by atoms with van der Waals surface area (Å²) in [7, 11) is 0. The summed E-state index contributed by atoms with van der Waals surface area (Å²) in [5, 5.41) is 2.89. The lowest BCUT2D eigenvalue weighted by atomic mass is 10.0. The van der Waals surface area contributed by atoms with Crippen LogP contribution in [0.3, 0.4) is 0 Å². The predicted octanol–water partition coefficient (Wildman–Crippen LogP) is 4.99. The van der Waals surface area contributed by atoms with Crippen LogP contribution < -0.4 is 5.32 Å². The molecule has 0 aliphatic rings. The first-order valence-electron chi connectivity index (χ1n) is 9.55. The fraction of sp³-hybridized carbons (Fsp3) is 0.619. The fourth-order valence-corrected chi connectivity index (χ4v) is 2.48. The van der Waals surface area contributed by atoms with Crippen LogP contribution in [0.15, 0.2) is 30.3 Å². The molecule has 4 nitrogen and oxygen atoms in total. The van der Waals surface area contributed by atoms with Crippen molar-refractivity contribution in [2.45, 2.75) is 65.2 Å². The first-order chi connectivity index (χ1) is 12.1. The van der Waals surface area contributed by atoms with E-state index in [1.165, 1.54) is 0 Å². The number of benzene rings is 1. The van der Waals surface area contributed by atoms with E-state index >= 15 is 0 Å². The Labute approximate surface area is 152 Å². The first kappa shape index (κ1) is 21.4. The number of Topliss-reactive ketones (excluding diaryl/α,β-unsaturated/α-hetero) is 1. The van der Waals surface area contributed by atoms with E-state index in [-0.39, 0.29) is 11.8 Å². The second-order valence-corrected chi connectivity index (χ2v) is 6.77. The Morgan fingerprint density at radius 1 is 0.880 bits per heavy atom. The minimum absolute atomic E-state index is 0.0723. The maximum Gasteiger partial charge on any atom is 0.224 e. The van der Waals surface area contributed by atoms with Gasteiger partial charge in [-0.05, 0) is 37.8 Å². The Morgan fingerprint density at radius 2 is 1.48 bits per heavy atom. The van der Waals surface area contributed by atoms with Gasteiger partial charge in [-0.2, -0.15) is 0 Å². The van der Waals surface area contributed by atoms with Crippen molar-refractivity contribution in [3.63, 3.8) is 0 Å². The molecule has 0 fully saturated rings. The monoisotopic (exact) mass is 347 g/mol. The average Bonchev–Trinajstić information content (AvgIpc) is 2.60. The predicted molar refractivity (Wildman–Crippen MR) is 103 cm³/mol. The number of amides is 1. The molecule has 1 aromatic rings. The molecule has 0 spiro atoms. The zero-order chi connectivity index (χ0) is 18.3. The maximum absolute atomic E-state index is 11.8. The first-order valence-corrected chi connectivity index (χ1v) is 9.55. The van der Waals surface area contributed by atoms with Gasteiger partial charge in [-0.3, -0.25) is 9.59 Å². The number of nitrogens with one attached hydrogen (secondary N) is 1. The highest BCUT2D eigenvalue weighted by Gasteiger charge is 2.05. The lowest BCUT2D eigenvalue weighted by Gasteiger charge is -2.06. The Morgan fingerprint density at radius 3 is 2.08 bits per heavy atom.